The Bertz CT molecular complexity index is 876. The molecule has 0 bridgehead atoms. The first-order chi connectivity index (χ1) is 12.5. The van der Waals surface area contributed by atoms with Crippen LogP contribution in [-0.2, 0) is 10.2 Å². The van der Waals surface area contributed by atoms with E-state index in [0.29, 0.717) is 16.9 Å². The molecule has 1 fully saturated rings. The fourth-order valence-electron chi connectivity index (χ4n) is 3.12. The first-order valence-electron chi connectivity index (χ1n) is 8.56. The summed E-state index contributed by atoms with van der Waals surface area (Å²) < 4.78 is 35.2. The Hall–Kier alpha value is -2.38. The maximum atomic E-state index is 12.6. The van der Waals surface area contributed by atoms with E-state index in [-0.39, 0.29) is 17.5 Å². The van der Waals surface area contributed by atoms with Gasteiger partial charge in [-0.25, -0.2) is 0 Å². The second-order valence-corrected chi connectivity index (χ2v) is 7.76. The topological polar surface area (TPSA) is 84.5 Å². The van der Waals surface area contributed by atoms with Crippen LogP contribution in [0.25, 0.3) is 0 Å². The smallest absolute Gasteiger partial charge is 0.299 e. The zero-order chi connectivity index (χ0) is 18.6. The number of ketones is 1. The van der Waals surface area contributed by atoms with Gasteiger partial charge in [-0.05, 0) is 31.0 Å². The van der Waals surface area contributed by atoms with Crippen LogP contribution in [0.15, 0.2) is 48.5 Å². The molecule has 7 heteroatoms. The van der Waals surface area contributed by atoms with Gasteiger partial charge < -0.3 is 4.74 Å². The summed E-state index contributed by atoms with van der Waals surface area (Å²) in [5, 5.41) is 0. The van der Waals surface area contributed by atoms with Gasteiger partial charge >= 0.3 is 0 Å². The average molecular weight is 374 g/mol. The predicted molar refractivity (Wildman–Crippen MR) is 101 cm³/mol. The summed E-state index contributed by atoms with van der Waals surface area (Å²) in [6.45, 7) is 0. The number of hydrogen-bond donors (Lipinski definition) is 2. The van der Waals surface area contributed by atoms with Gasteiger partial charge in [0.2, 0.25) is 0 Å². The maximum absolute atomic E-state index is 12.6. The Morgan fingerprint density at radius 2 is 1.73 bits per heavy atom. The van der Waals surface area contributed by atoms with E-state index in [1.165, 1.54) is 13.2 Å². The van der Waals surface area contributed by atoms with Crippen LogP contribution in [0.4, 0.5) is 5.69 Å². The van der Waals surface area contributed by atoms with Gasteiger partial charge in [0.15, 0.2) is 5.78 Å². The lowest BCUT2D eigenvalue weighted by molar-refractivity contribution is 0.103. The summed E-state index contributed by atoms with van der Waals surface area (Å²) in [5.74, 6) is 0.170. The van der Waals surface area contributed by atoms with Crippen LogP contribution in [0.3, 0.4) is 0 Å². The van der Waals surface area contributed by atoms with Crippen molar-refractivity contribution < 1.29 is 17.9 Å². The summed E-state index contributed by atoms with van der Waals surface area (Å²) in [6, 6.07) is 13.5. The molecule has 6 nitrogen and oxygen atoms in total. The van der Waals surface area contributed by atoms with Crippen molar-refractivity contribution in [1.29, 1.82) is 0 Å². The number of carbonyl (C=O) groups excluding carboxylic acids is 1. The summed E-state index contributed by atoms with van der Waals surface area (Å²) >= 11 is 0. The number of nitrogens with one attached hydrogen (secondary N) is 2. The monoisotopic (exact) mass is 374 g/mol. The number of anilines is 1. The number of benzene rings is 2. The molecular weight excluding hydrogens is 352 g/mol. The van der Waals surface area contributed by atoms with Gasteiger partial charge in [-0.2, -0.15) is 13.1 Å². The largest absolute Gasteiger partial charge is 0.495 e. The minimum Gasteiger partial charge on any atom is -0.495 e. The fourth-order valence-corrected chi connectivity index (χ4v) is 4.30. The molecule has 0 unspecified atom stereocenters. The highest BCUT2D eigenvalue weighted by Gasteiger charge is 2.22. The van der Waals surface area contributed by atoms with E-state index in [2.05, 4.69) is 9.44 Å². The second kappa shape index (κ2) is 7.88. The highest BCUT2D eigenvalue weighted by molar-refractivity contribution is 7.90. The summed E-state index contributed by atoms with van der Waals surface area (Å²) in [5.41, 5.74) is 1.16. The molecule has 0 radical (unpaired) electrons. The lowest BCUT2D eigenvalue weighted by Crippen LogP contribution is -2.37. The third kappa shape index (κ3) is 4.42. The van der Waals surface area contributed by atoms with Crippen LogP contribution >= 0.6 is 0 Å². The molecule has 3 rings (SSSR count). The van der Waals surface area contributed by atoms with Gasteiger partial charge in [-0.1, -0.05) is 43.2 Å². The van der Waals surface area contributed by atoms with E-state index < -0.39 is 10.2 Å². The minimum absolute atomic E-state index is 0.0485. The van der Waals surface area contributed by atoms with Crippen molar-refractivity contribution in [3.8, 4) is 5.75 Å². The first kappa shape index (κ1) is 18.4. The molecule has 0 amide bonds. The molecule has 0 aliphatic heterocycles. The summed E-state index contributed by atoms with van der Waals surface area (Å²) in [6.07, 6.45) is 3.73. The fraction of sp³-hybridized carbons (Fsp3) is 0.316. The SMILES string of the molecule is COc1ccc(C(=O)c2ccccc2)cc1NS(=O)(=O)NC1CCCC1. The molecule has 26 heavy (non-hydrogen) atoms. The van der Waals surface area contributed by atoms with Crippen LogP contribution in [0.1, 0.15) is 41.6 Å². The van der Waals surface area contributed by atoms with E-state index in [9.17, 15) is 13.2 Å². The Labute approximate surface area is 153 Å². The van der Waals surface area contributed by atoms with Crippen molar-refractivity contribution in [3.63, 3.8) is 0 Å². The normalized spacial score (nSPS) is 15.0. The van der Waals surface area contributed by atoms with Gasteiger partial charge in [0.1, 0.15) is 5.75 Å². The Morgan fingerprint density at radius 1 is 1.04 bits per heavy atom. The number of hydrogen-bond acceptors (Lipinski definition) is 4. The van der Waals surface area contributed by atoms with Gasteiger partial charge in [0.25, 0.3) is 10.2 Å². The van der Waals surface area contributed by atoms with E-state index in [1.807, 2.05) is 6.07 Å². The molecular formula is C19H22N2O4S. The molecule has 0 spiro atoms. The van der Waals surface area contributed by atoms with Crippen LogP contribution < -0.4 is 14.2 Å². The Balaban J connectivity index is 1.84. The first-order valence-corrected chi connectivity index (χ1v) is 10.0. The van der Waals surface area contributed by atoms with Crippen molar-refractivity contribution in [3.05, 3.63) is 59.7 Å². The zero-order valence-corrected chi connectivity index (χ0v) is 15.4. The lowest BCUT2D eigenvalue weighted by atomic mass is 10.0. The Morgan fingerprint density at radius 3 is 2.38 bits per heavy atom. The number of rotatable bonds is 7. The van der Waals surface area contributed by atoms with Gasteiger partial charge in [0, 0.05) is 17.2 Å². The molecule has 2 aromatic rings. The third-order valence-electron chi connectivity index (χ3n) is 4.42. The maximum Gasteiger partial charge on any atom is 0.299 e. The summed E-state index contributed by atoms with van der Waals surface area (Å²) in [7, 11) is -2.29. The molecule has 1 aliphatic rings. The van der Waals surface area contributed by atoms with Crippen molar-refractivity contribution in [1.82, 2.24) is 4.72 Å². The van der Waals surface area contributed by atoms with Crippen LogP contribution in [-0.4, -0.2) is 27.4 Å². The minimum atomic E-state index is -3.75. The predicted octanol–water partition coefficient (Wildman–Crippen LogP) is 3.12. The quantitative estimate of drug-likeness (QED) is 0.729. The molecule has 1 aliphatic carbocycles. The lowest BCUT2D eigenvalue weighted by Gasteiger charge is -2.16. The zero-order valence-electron chi connectivity index (χ0n) is 14.6. The Kier molecular flexibility index (Phi) is 5.58. The van der Waals surface area contributed by atoms with E-state index >= 15 is 0 Å². The van der Waals surface area contributed by atoms with E-state index in [4.69, 9.17) is 4.74 Å². The molecule has 0 saturated heterocycles. The second-order valence-electron chi connectivity index (χ2n) is 6.31. The standard InChI is InChI=1S/C19H22N2O4S/c1-25-18-12-11-15(19(22)14-7-3-2-4-8-14)13-17(18)21-26(23,24)20-16-9-5-6-10-16/h2-4,7-8,11-13,16,20-21H,5-6,9-10H2,1H3. The van der Waals surface area contributed by atoms with Crippen molar-refractivity contribution in [2.24, 2.45) is 0 Å². The van der Waals surface area contributed by atoms with Crippen molar-refractivity contribution >= 4 is 21.7 Å². The summed E-state index contributed by atoms with van der Waals surface area (Å²) in [4.78, 5) is 12.6. The molecule has 0 aromatic heterocycles. The highest BCUT2D eigenvalue weighted by Crippen LogP contribution is 2.28. The molecule has 0 atom stereocenters. The molecule has 138 valence electrons. The average Bonchev–Trinajstić information content (AvgIpc) is 3.13. The highest BCUT2D eigenvalue weighted by atomic mass is 32.2. The van der Waals surface area contributed by atoms with E-state index in [1.54, 1.807) is 36.4 Å². The van der Waals surface area contributed by atoms with Crippen LogP contribution in [0.2, 0.25) is 0 Å². The van der Waals surface area contributed by atoms with Gasteiger partial charge in [-0.3, -0.25) is 9.52 Å². The van der Waals surface area contributed by atoms with Crippen molar-refractivity contribution in [2.75, 3.05) is 11.8 Å². The van der Waals surface area contributed by atoms with Crippen LogP contribution in [0.5, 0.6) is 5.75 Å². The molecule has 2 N–H and O–H groups in total. The molecule has 0 heterocycles. The molecule has 2 aromatic carbocycles. The molecule has 1 saturated carbocycles. The van der Waals surface area contributed by atoms with Crippen LogP contribution in [0, 0.1) is 0 Å². The number of ether oxygens (including phenoxy) is 1. The van der Waals surface area contributed by atoms with E-state index in [0.717, 1.165) is 25.7 Å². The van der Waals surface area contributed by atoms with Gasteiger partial charge in [-0.15, -0.1) is 0 Å². The number of carbonyl (C=O) groups is 1. The third-order valence-corrected chi connectivity index (χ3v) is 5.55. The van der Waals surface area contributed by atoms with Gasteiger partial charge in [0.05, 0.1) is 12.8 Å². The van der Waals surface area contributed by atoms with Crippen molar-refractivity contribution in [2.45, 2.75) is 31.7 Å². The number of methoxy groups -OCH3 is 1.